The largest absolute Gasteiger partial charge is 0.479 e. The summed E-state index contributed by atoms with van der Waals surface area (Å²) in [6, 6.07) is 0. The lowest BCUT2D eigenvalue weighted by molar-refractivity contribution is -0.154. The molecule has 1 aliphatic rings. The van der Waals surface area contributed by atoms with Gasteiger partial charge in [0.2, 0.25) is 0 Å². The molecule has 0 radical (unpaired) electrons. The van der Waals surface area contributed by atoms with Crippen molar-refractivity contribution in [3.63, 3.8) is 0 Å². The van der Waals surface area contributed by atoms with Crippen molar-refractivity contribution in [1.82, 2.24) is 14.5 Å². The first-order valence-electron chi connectivity index (χ1n) is 7.19. The predicted octanol–water partition coefficient (Wildman–Crippen LogP) is 0.399. The van der Waals surface area contributed by atoms with Crippen molar-refractivity contribution < 1.29 is 19.8 Å². The Kier molecular flexibility index (Phi) is 5.47. The van der Waals surface area contributed by atoms with Crippen LogP contribution in [0.2, 0.25) is 0 Å². The van der Waals surface area contributed by atoms with Gasteiger partial charge in [0.25, 0.3) is 5.91 Å². The number of imidazole rings is 1. The summed E-state index contributed by atoms with van der Waals surface area (Å²) >= 11 is 1.58. The number of hydrogen-bond donors (Lipinski definition) is 2. The molecule has 1 atom stereocenters. The van der Waals surface area contributed by atoms with Gasteiger partial charge in [-0.15, -0.1) is 0 Å². The molecular weight excluding hydrogens is 306 g/mol. The number of aliphatic hydroxyl groups is 1. The molecule has 0 unspecified atom stereocenters. The van der Waals surface area contributed by atoms with E-state index in [0.717, 1.165) is 5.75 Å². The number of thioether (sulfide) groups is 1. The number of carboxylic acid groups (broad SMARTS) is 1. The maximum atomic E-state index is 12.2. The number of aromatic nitrogens is 2. The Morgan fingerprint density at radius 2 is 2.09 bits per heavy atom. The summed E-state index contributed by atoms with van der Waals surface area (Å²) in [5, 5.41) is 19.5. The molecule has 1 aromatic heterocycles. The van der Waals surface area contributed by atoms with Gasteiger partial charge in [0.1, 0.15) is 11.6 Å². The molecule has 0 aromatic carbocycles. The first-order valence-corrected chi connectivity index (χ1v) is 8.58. The number of piperidine rings is 1. The van der Waals surface area contributed by atoms with E-state index in [1.807, 2.05) is 6.26 Å². The average molecular weight is 327 g/mol. The lowest BCUT2D eigenvalue weighted by Crippen LogP contribution is -2.53. The number of amides is 1. The Labute approximate surface area is 133 Å². The van der Waals surface area contributed by atoms with Gasteiger partial charge in [-0.2, -0.15) is 11.8 Å². The Bertz CT molecular complexity index is 512. The molecule has 0 spiro atoms. The van der Waals surface area contributed by atoms with Crippen LogP contribution in [0.15, 0.2) is 18.7 Å². The third-order valence-electron chi connectivity index (χ3n) is 4.18. The molecule has 1 fully saturated rings. The van der Waals surface area contributed by atoms with Crippen molar-refractivity contribution in [3.8, 4) is 0 Å². The van der Waals surface area contributed by atoms with E-state index in [-0.39, 0.29) is 5.91 Å². The van der Waals surface area contributed by atoms with Crippen molar-refractivity contribution in [1.29, 1.82) is 0 Å². The van der Waals surface area contributed by atoms with Crippen LogP contribution in [0.5, 0.6) is 0 Å². The van der Waals surface area contributed by atoms with E-state index in [2.05, 4.69) is 4.98 Å². The van der Waals surface area contributed by atoms with E-state index in [1.165, 1.54) is 6.33 Å². The van der Waals surface area contributed by atoms with E-state index in [9.17, 15) is 19.8 Å². The molecule has 1 aliphatic heterocycles. The topological polar surface area (TPSA) is 95.7 Å². The van der Waals surface area contributed by atoms with E-state index in [4.69, 9.17) is 0 Å². The summed E-state index contributed by atoms with van der Waals surface area (Å²) in [7, 11) is 0. The minimum Gasteiger partial charge on any atom is -0.479 e. The molecule has 1 aromatic rings. The van der Waals surface area contributed by atoms with Crippen LogP contribution >= 0.6 is 11.8 Å². The van der Waals surface area contributed by atoms with Crippen LogP contribution < -0.4 is 0 Å². The summed E-state index contributed by atoms with van der Waals surface area (Å²) in [5.41, 5.74) is -1.06. The molecule has 7 nitrogen and oxygen atoms in total. The lowest BCUT2D eigenvalue weighted by atomic mass is 9.87. The van der Waals surface area contributed by atoms with Crippen LogP contribution in [-0.4, -0.2) is 67.7 Å². The fourth-order valence-electron chi connectivity index (χ4n) is 2.76. The molecule has 0 bridgehead atoms. The Balaban J connectivity index is 2.02. The van der Waals surface area contributed by atoms with Crippen LogP contribution in [0.25, 0.3) is 0 Å². The van der Waals surface area contributed by atoms with Gasteiger partial charge < -0.3 is 19.7 Å². The van der Waals surface area contributed by atoms with E-state index >= 15 is 0 Å². The quantitative estimate of drug-likeness (QED) is 0.785. The minimum atomic E-state index is -1.06. The van der Waals surface area contributed by atoms with Crippen LogP contribution in [-0.2, 0) is 15.1 Å². The predicted molar refractivity (Wildman–Crippen MR) is 82.7 cm³/mol. The summed E-state index contributed by atoms with van der Waals surface area (Å²) in [6.07, 6.45) is 6.64. The second kappa shape index (κ2) is 7.15. The number of carboxylic acids is 1. The maximum Gasteiger partial charge on any atom is 0.330 e. The fraction of sp³-hybridized carbons (Fsp3) is 0.643. The van der Waals surface area contributed by atoms with Gasteiger partial charge in [-0.3, -0.25) is 4.79 Å². The van der Waals surface area contributed by atoms with Crippen LogP contribution in [0.4, 0.5) is 0 Å². The molecule has 8 heteroatoms. The molecule has 1 amide bonds. The monoisotopic (exact) mass is 327 g/mol. The SMILES string of the molecule is CSCC[C@H](O)C(=O)N1CCC(C(=O)O)(n2ccnc2)CC1. The molecule has 0 aliphatic carbocycles. The Morgan fingerprint density at radius 3 is 2.59 bits per heavy atom. The van der Waals surface area contributed by atoms with Gasteiger partial charge in [-0.05, 0) is 31.3 Å². The van der Waals surface area contributed by atoms with Crippen LogP contribution in [0.1, 0.15) is 19.3 Å². The second-order valence-corrected chi connectivity index (χ2v) is 6.41. The third-order valence-corrected chi connectivity index (χ3v) is 4.82. The zero-order chi connectivity index (χ0) is 16.2. The smallest absolute Gasteiger partial charge is 0.330 e. The fourth-order valence-corrected chi connectivity index (χ4v) is 3.21. The van der Waals surface area contributed by atoms with Crippen LogP contribution in [0, 0.1) is 0 Å². The van der Waals surface area contributed by atoms with Gasteiger partial charge in [0.05, 0.1) is 6.33 Å². The third kappa shape index (κ3) is 3.27. The second-order valence-electron chi connectivity index (χ2n) is 5.43. The number of carbonyl (C=O) groups excluding carboxylic acids is 1. The summed E-state index contributed by atoms with van der Waals surface area (Å²) < 4.78 is 1.60. The maximum absolute atomic E-state index is 12.2. The van der Waals surface area contributed by atoms with E-state index in [0.29, 0.717) is 32.4 Å². The van der Waals surface area contributed by atoms with Gasteiger partial charge in [0.15, 0.2) is 0 Å². The normalized spacial score (nSPS) is 18.9. The molecule has 0 saturated carbocycles. The molecule has 22 heavy (non-hydrogen) atoms. The highest BCUT2D eigenvalue weighted by Crippen LogP contribution is 2.31. The Morgan fingerprint density at radius 1 is 1.41 bits per heavy atom. The lowest BCUT2D eigenvalue weighted by Gasteiger charge is -2.40. The average Bonchev–Trinajstić information content (AvgIpc) is 3.06. The molecule has 2 N–H and O–H groups in total. The van der Waals surface area contributed by atoms with E-state index in [1.54, 1.807) is 33.6 Å². The summed E-state index contributed by atoms with van der Waals surface area (Å²) in [5.74, 6) is -0.506. The van der Waals surface area contributed by atoms with Gasteiger partial charge in [-0.25, -0.2) is 9.78 Å². The number of hydrogen-bond acceptors (Lipinski definition) is 5. The highest BCUT2D eigenvalue weighted by atomic mass is 32.2. The van der Waals surface area contributed by atoms with Gasteiger partial charge >= 0.3 is 5.97 Å². The molecule has 2 heterocycles. The number of rotatable bonds is 6. The molecule has 1 saturated heterocycles. The summed E-state index contributed by atoms with van der Waals surface area (Å²) in [4.78, 5) is 29.4. The van der Waals surface area contributed by atoms with Gasteiger partial charge in [0, 0.05) is 25.5 Å². The number of nitrogens with zero attached hydrogens (tertiary/aromatic N) is 3. The van der Waals surface area contributed by atoms with Gasteiger partial charge in [-0.1, -0.05) is 0 Å². The van der Waals surface area contributed by atoms with Crippen LogP contribution in [0.3, 0.4) is 0 Å². The summed E-state index contributed by atoms with van der Waals surface area (Å²) in [6.45, 7) is 0.638. The first-order chi connectivity index (χ1) is 10.5. The van der Waals surface area contributed by atoms with Crippen molar-refractivity contribution >= 4 is 23.6 Å². The van der Waals surface area contributed by atoms with Crippen molar-refractivity contribution in [3.05, 3.63) is 18.7 Å². The zero-order valence-corrected chi connectivity index (χ0v) is 13.3. The number of likely N-dealkylation sites (tertiary alicyclic amines) is 1. The molecule has 122 valence electrons. The Hall–Kier alpha value is -1.54. The molecule has 2 rings (SSSR count). The first kappa shape index (κ1) is 16.8. The standard InChI is InChI=1S/C14H21N3O4S/c1-22-9-2-11(18)12(19)16-6-3-14(4-7-16,13(20)21)17-8-5-15-10-17/h5,8,10-11,18H,2-4,6-7,9H2,1H3,(H,20,21)/t11-/m0/s1. The number of aliphatic hydroxyl groups excluding tert-OH is 1. The number of aliphatic carboxylic acids is 1. The highest BCUT2D eigenvalue weighted by Gasteiger charge is 2.44. The highest BCUT2D eigenvalue weighted by molar-refractivity contribution is 7.98. The number of carbonyl (C=O) groups is 2. The minimum absolute atomic E-state index is 0.305. The van der Waals surface area contributed by atoms with Crippen molar-refractivity contribution in [2.24, 2.45) is 0 Å². The van der Waals surface area contributed by atoms with Crippen molar-refractivity contribution in [2.45, 2.75) is 30.9 Å². The van der Waals surface area contributed by atoms with E-state index < -0.39 is 17.6 Å². The molecular formula is C14H21N3O4S. The van der Waals surface area contributed by atoms with Crippen molar-refractivity contribution in [2.75, 3.05) is 25.1 Å². The zero-order valence-electron chi connectivity index (χ0n) is 12.5.